The highest BCUT2D eigenvalue weighted by molar-refractivity contribution is 5.80. The van der Waals surface area contributed by atoms with Crippen molar-refractivity contribution >= 4 is 16.9 Å². The van der Waals surface area contributed by atoms with Gasteiger partial charge in [-0.15, -0.1) is 0 Å². The smallest absolute Gasteiger partial charge is 0.224 e. The molecule has 0 aliphatic rings. The van der Waals surface area contributed by atoms with E-state index in [4.69, 9.17) is 9.72 Å². The van der Waals surface area contributed by atoms with Crippen molar-refractivity contribution in [3.8, 4) is 16.9 Å². The Balaban J connectivity index is 1.22. The van der Waals surface area contributed by atoms with Gasteiger partial charge in [0, 0.05) is 6.54 Å². The number of nitrogens with zero attached hydrogens (tertiary/aromatic N) is 2. The van der Waals surface area contributed by atoms with Gasteiger partial charge in [-0.05, 0) is 79.3 Å². The van der Waals surface area contributed by atoms with Crippen molar-refractivity contribution in [2.45, 2.75) is 46.2 Å². The van der Waals surface area contributed by atoms with E-state index >= 15 is 0 Å². The van der Waals surface area contributed by atoms with Crippen molar-refractivity contribution in [3.05, 3.63) is 120 Å². The van der Waals surface area contributed by atoms with Crippen LogP contribution in [0.5, 0.6) is 5.75 Å². The normalized spacial score (nSPS) is 11.9. The second-order valence-electron chi connectivity index (χ2n) is 10.1. The number of imidazole rings is 1. The van der Waals surface area contributed by atoms with Crippen molar-refractivity contribution in [2.75, 3.05) is 6.61 Å². The molecule has 198 valence electrons. The number of amides is 1. The van der Waals surface area contributed by atoms with Gasteiger partial charge in [-0.25, -0.2) is 4.98 Å². The summed E-state index contributed by atoms with van der Waals surface area (Å²) in [5.41, 5.74) is 7.78. The number of benzene rings is 4. The van der Waals surface area contributed by atoms with Crippen LogP contribution in [0.3, 0.4) is 0 Å². The van der Waals surface area contributed by atoms with Crippen molar-refractivity contribution in [3.63, 3.8) is 0 Å². The minimum atomic E-state index is -0.228. The highest BCUT2D eigenvalue weighted by Crippen LogP contribution is 2.23. The number of rotatable bonds is 10. The lowest BCUT2D eigenvalue weighted by molar-refractivity contribution is -0.121. The van der Waals surface area contributed by atoms with Crippen LogP contribution >= 0.6 is 0 Å². The van der Waals surface area contributed by atoms with E-state index in [0.717, 1.165) is 46.7 Å². The minimum absolute atomic E-state index is 0.0216. The maximum absolute atomic E-state index is 13.0. The number of hydrogen-bond donors (Lipinski definition) is 1. The van der Waals surface area contributed by atoms with Crippen LogP contribution in [0.25, 0.3) is 22.2 Å². The largest absolute Gasteiger partial charge is 0.494 e. The van der Waals surface area contributed by atoms with Gasteiger partial charge in [0.05, 0.1) is 30.1 Å². The number of nitrogens with one attached hydrogen (secondary N) is 1. The Morgan fingerprint density at radius 3 is 2.36 bits per heavy atom. The van der Waals surface area contributed by atoms with Crippen LogP contribution in [0, 0.1) is 13.8 Å². The highest BCUT2D eigenvalue weighted by atomic mass is 16.5. The lowest BCUT2D eigenvalue weighted by Gasteiger charge is -2.17. The summed E-state index contributed by atoms with van der Waals surface area (Å²) in [4.78, 5) is 17.9. The van der Waals surface area contributed by atoms with E-state index in [1.54, 1.807) is 0 Å². The lowest BCUT2D eigenvalue weighted by atomic mass is 10.0. The Bertz CT molecular complexity index is 1560. The maximum Gasteiger partial charge on any atom is 0.224 e. The summed E-state index contributed by atoms with van der Waals surface area (Å²) in [6.45, 7) is 7.56. The summed E-state index contributed by atoms with van der Waals surface area (Å²) in [6.07, 6.45) is 1.15. The van der Waals surface area contributed by atoms with Gasteiger partial charge in [0.2, 0.25) is 5.91 Å². The molecular formula is C34H35N3O2. The zero-order chi connectivity index (χ0) is 27.2. The fourth-order valence-electron chi connectivity index (χ4n) is 4.86. The predicted molar refractivity (Wildman–Crippen MR) is 158 cm³/mol. The first-order chi connectivity index (χ1) is 19.0. The molecule has 0 saturated heterocycles. The molecule has 0 aliphatic heterocycles. The van der Waals surface area contributed by atoms with E-state index in [2.05, 4.69) is 66.2 Å². The molecule has 5 aromatic rings. The summed E-state index contributed by atoms with van der Waals surface area (Å²) in [7, 11) is 0. The molecule has 4 aromatic carbocycles. The Morgan fingerprint density at radius 1 is 0.872 bits per heavy atom. The number of aromatic nitrogens is 2. The van der Waals surface area contributed by atoms with Gasteiger partial charge in [-0.2, -0.15) is 0 Å². The molecule has 1 atom stereocenters. The molecule has 0 fully saturated rings. The zero-order valence-corrected chi connectivity index (χ0v) is 22.9. The first kappa shape index (κ1) is 26.2. The number of fused-ring (bicyclic) bond motifs is 1. The summed E-state index contributed by atoms with van der Waals surface area (Å²) in [5, 5.41) is 3.17. The van der Waals surface area contributed by atoms with Crippen LogP contribution in [-0.2, 0) is 17.8 Å². The Hall–Kier alpha value is -4.38. The molecule has 5 heteroatoms. The summed E-state index contributed by atoms with van der Waals surface area (Å²) in [5.74, 6) is 1.73. The predicted octanol–water partition coefficient (Wildman–Crippen LogP) is 7.21. The average molecular weight is 518 g/mol. The standard InChI is InChI=1S/C34H35N3O2/c1-24-14-19-30(22-25(24)2)39-21-9-20-37-32-13-8-7-12-31(32)36-34(37)26(3)35-33(38)23-27-15-17-29(18-16-27)28-10-5-4-6-11-28/h4-8,10-19,22,26H,9,20-21,23H2,1-3H3,(H,35,38). The molecule has 1 aromatic heterocycles. The van der Waals surface area contributed by atoms with Gasteiger partial charge in [0.15, 0.2) is 0 Å². The van der Waals surface area contributed by atoms with Gasteiger partial charge >= 0.3 is 0 Å². The van der Waals surface area contributed by atoms with Gasteiger partial charge in [-0.3, -0.25) is 4.79 Å². The van der Waals surface area contributed by atoms with E-state index in [-0.39, 0.29) is 11.9 Å². The molecule has 1 heterocycles. The molecule has 0 spiro atoms. The summed E-state index contributed by atoms with van der Waals surface area (Å²) in [6, 6.07) is 32.5. The van der Waals surface area contributed by atoms with Crippen LogP contribution in [-0.4, -0.2) is 22.1 Å². The van der Waals surface area contributed by atoms with Gasteiger partial charge in [0.25, 0.3) is 0 Å². The number of carbonyl (C=O) groups is 1. The molecule has 0 radical (unpaired) electrons. The number of hydrogen-bond acceptors (Lipinski definition) is 3. The van der Waals surface area contributed by atoms with Crippen LogP contribution < -0.4 is 10.1 Å². The molecule has 1 amide bonds. The fourth-order valence-corrected chi connectivity index (χ4v) is 4.86. The highest BCUT2D eigenvalue weighted by Gasteiger charge is 2.18. The maximum atomic E-state index is 13.0. The first-order valence-corrected chi connectivity index (χ1v) is 13.6. The van der Waals surface area contributed by atoms with Crippen molar-refractivity contribution in [1.82, 2.24) is 14.9 Å². The van der Waals surface area contributed by atoms with Gasteiger partial charge < -0.3 is 14.6 Å². The van der Waals surface area contributed by atoms with Crippen molar-refractivity contribution in [1.29, 1.82) is 0 Å². The molecule has 0 aliphatic carbocycles. The summed E-state index contributed by atoms with van der Waals surface area (Å²) < 4.78 is 8.22. The fraction of sp³-hybridized carbons (Fsp3) is 0.235. The number of carbonyl (C=O) groups excluding carboxylic acids is 1. The molecular weight excluding hydrogens is 482 g/mol. The van der Waals surface area contributed by atoms with Crippen LogP contribution in [0.2, 0.25) is 0 Å². The van der Waals surface area contributed by atoms with Gasteiger partial charge in [0.1, 0.15) is 11.6 Å². The van der Waals surface area contributed by atoms with E-state index < -0.39 is 0 Å². The molecule has 0 saturated carbocycles. The third-order valence-corrected chi connectivity index (χ3v) is 7.15. The molecule has 1 unspecified atom stereocenters. The van der Waals surface area contributed by atoms with E-state index in [1.807, 2.05) is 61.5 Å². The molecule has 1 N–H and O–H groups in total. The first-order valence-electron chi connectivity index (χ1n) is 13.6. The second kappa shape index (κ2) is 12.0. The van der Waals surface area contributed by atoms with E-state index in [9.17, 15) is 4.79 Å². The average Bonchev–Trinajstić information content (AvgIpc) is 3.32. The van der Waals surface area contributed by atoms with E-state index in [1.165, 1.54) is 16.7 Å². The molecule has 5 rings (SSSR count). The molecule has 5 nitrogen and oxygen atoms in total. The third kappa shape index (κ3) is 6.37. The van der Waals surface area contributed by atoms with Crippen molar-refractivity contribution in [2.24, 2.45) is 0 Å². The van der Waals surface area contributed by atoms with Crippen LogP contribution in [0.1, 0.15) is 41.9 Å². The monoisotopic (exact) mass is 517 g/mol. The van der Waals surface area contributed by atoms with E-state index in [0.29, 0.717) is 13.0 Å². The molecule has 39 heavy (non-hydrogen) atoms. The number of para-hydroxylation sites is 2. The Morgan fingerprint density at radius 2 is 1.59 bits per heavy atom. The number of ether oxygens (including phenoxy) is 1. The third-order valence-electron chi connectivity index (χ3n) is 7.15. The second-order valence-corrected chi connectivity index (χ2v) is 10.1. The molecule has 0 bridgehead atoms. The summed E-state index contributed by atoms with van der Waals surface area (Å²) >= 11 is 0. The SMILES string of the molecule is Cc1ccc(OCCCn2c(C(C)NC(=O)Cc3ccc(-c4ccccc4)cc3)nc3ccccc32)cc1C. The quantitative estimate of drug-likeness (QED) is 0.199. The topological polar surface area (TPSA) is 56.1 Å². The number of aryl methyl sites for hydroxylation is 3. The Kier molecular flexibility index (Phi) is 8.07. The lowest BCUT2D eigenvalue weighted by Crippen LogP contribution is -2.30. The van der Waals surface area contributed by atoms with Crippen molar-refractivity contribution < 1.29 is 9.53 Å². The zero-order valence-electron chi connectivity index (χ0n) is 22.9. The van der Waals surface area contributed by atoms with Crippen LogP contribution in [0.15, 0.2) is 97.1 Å². The van der Waals surface area contributed by atoms with Gasteiger partial charge in [-0.1, -0.05) is 72.8 Å². The minimum Gasteiger partial charge on any atom is -0.494 e. The van der Waals surface area contributed by atoms with Crippen LogP contribution in [0.4, 0.5) is 0 Å². The Labute approximate surface area is 230 Å².